The average Bonchev–Trinajstić information content (AvgIpc) is 2.39. The molecule has 1 aliphatic rings. The number of amides is 1. The third kappa shape index (κ3) is 3.18. The fraction of sp³-hybridized carbons (Fsp3) is 0.500. The van der Waals surface area contributed by atoms with Crippen LogP contribution in [0, 0.1) is 0 Å². The molecule has 6 heteroatoms. The van der Waals surface area contributed by atoms with Crippen molar-refractivity contribution < 1.29 is 9.53 Å². The number of anilines is 1. The summed E-state index contributed by atoms with van der Waals surface area (Å²) in [5, 5.41) is 2.97. The van der Waals surface area contributed by atoms with Crippen molar-refractivity contribution in [3.63, 3.8) is 0 Å². The van der Waals surface area contributed by atoms with E-state index in [1.165, 1.54) is 0 Å². The zero-order valence-corrected chi connectivity index (χ0v) is 10.3. The minimum absolute atomic E-state index is 0.151. The van der Waals surface area contributed by atoms with Crippen LogP contribution in [-0.4, -0.2) is 29.6 Å². The van der Waals surface area contributed by atoms with Crippen molar-refractivity contribution in [2.45, 2.75) is 31.9 Å². The molecule has 0 saturated carbocycles. The summed E-state index contributed by atoms with van der Waals surface area (Å²) in [6.07, 6.45) is 1.86. The van der Waals surface area contributed by atoms with Gasteiger partial charge in [0.2, 0.25) is 0 Å². The standard InChI is InChI=1S/C12H18N4O2/c1-8-7-9(5-6-18-8)14-12(17)10-3-2-4-11(15-10)16-13/h2-4,8-9H,5-7,13H2,1H3,(H,14,17)(H,15,16). The molecule has 1 saturated heterocycles. The molecule has 18 heavy (non-hydrogen) atoms. The van der Waals surface area contributed by atoms with E-state index >= 15 is 0 Å². The molecule has 1 amide bonds. The van der Waals surface area contributed by atoms with Crippen LogP contribution in [0.2, 0.25) is 0 Å². The Kier molecular flexibility index (Phi) is 4.11. The van der Waals surface area contributed by atoms with Crippen molar-refractivity contribution in [2.75, 3.05) is 12.0 Å². The lowest BCUT2D eigenvalue weighted by molar-refractivity contribution is 0.0136. The van der Waals surface area contributed by atoms with E-state index in [2.05, 4.69) is 15.7 Å². The van der Waals surface area contributed by atoms with Crippen molar-refractivity contribution in [1.82, 2.24) is 10.3 Å². The fourth-order valence-electron chi connectivity index (χ4n) is 2.03. The lowest BCUT2D eigenvalue weighted by atomic mass is 10.0. The molecule has 1 aliphatic heterocycles. The van der Waals surface area contributed by atoms with Crippen molar-refractivity contribution >= 4 is 11.7 Å². The molecule has 0 radical (unpaired) electrons. The van der Waals surface area contributed by atoms with Gasteiger partial charge in [-0.1, -0.05) is 6.07 Å². The number of nitrogens with zero attached hydrogens (tertiary/aromatic N) is 1. The van der Waals surface area contributed by atoms with Crippen molar-refractivity contribution in [3.05, 3.63) is 23.9 Å². The van der Waals surface area contributed by atoms with E-state index in [9.17, 15) is 4.79 Å². The second-order valence-electron chi connectivity index (χ2n) is 4.43. The van der Waals surface area contributed by atoms with Crippen LogP contribution in [0.5, 0.6) is 0 Å². The van der Waals surface area contributed by atoms with Crippen LogP contribution in [-0.2, 0) is 4.74 Å². The number of carbonyl (C=O) groups excluding carboxylic acids is 1. The Labute approximate surface area is 106 Å². The van der Waals surface area contributed by atoms with E-state index in [-0.39, 0.29) is 18.1 Å². The van der Waals surface area contributed by atoms with Gasteiger partial charge in [-0.25, -0.2) is 10.8 Å². The summed E-state index contributed by atoms with van der Waals surface area (Å²) in [5.74, 6) is 5.56. The second-order valence-corrected chi connectivity index (χ2v) is 4.43. The number of hydrogen-bond donors (Lipinski definition) is 3. The summed E-state index contributed by atoms with van der Waals surface area (Å²) >= 11 is 0. The third-order valence-electron chi connectivity index (χ3n) is 2.95. The fourth-order valence-corrected chi connectivity index (χ4v) is 2.03. The van der Waals surface area contributed by atoms with Gasteiger partial charge in [0.1, 0.15) is 11.5 Å². The Morgan fingerprint density at radius 2 is 2.39 bits per heavy atom. The molecule has 2 rings (SSSR count). The lowest BCUT2D eigenvalue weighted by Gasteiger charge is -2.27. The zero-order valence-electron chi connectivity index (χ0n) is 10.3. The molecule has 2 unspecified atom stereocenters. The monoisotopic (exact) mass is 250 g/mol. The highest BCUT2D eigenvalue weighted by Crippen LogP contribution is 2.13. The molecule has 2 atom stereocenters. The summed E-state index contributed by atoms with van der Waals surface area (Å²) in [5.41, 5.74) is 2.79. The summed E-state index contributed by atoms with van der Waals surface area (Å²) < 4.78 is 5.44. The zero-order chi connectivity index (χ0) is 13.0. The molecule has 0 aromatic carbocycles. The minimum atomic E-state index is -0.175. The average molecular weight is 250 g/mol. The van der Waals surface area contributed by atoms with Crippen molar-refractivity contribution in [2.24, 2.45) is 5.84 Å². The number of nitrogens with one attached hydrogen (secondary N) is 2. The van der Waals surface area contributed by atoms with E-state index in [0.717, 1.165) is 12.8 Å². The Morgan fingerprint density at radius 3 is 3.11 bits per heavy atom. The number of hydrazine groups is 1. The first-order valence-electron chi connectivity index (χ1n) is 6.05. The van der Waals surface area contributed by atoms with Crippen LogP contribution in [0.25, 0.3) is 0 Å². The van der Waals surface area contributed by atoms with E-state index in [4.69, 9.17) is 10.6 Å². The van der Waals surface area contributed by atoms with Gasteiger partial charge in [0.25, 0.3) is 5.91 Å². The van der Waals surface area contributed by atoms with Crippen LogP contribution >= 0.6 is 0 Å². The number of nitrogen functional groups attached to an aromatic ring is 1. The summed E-state index contributed by atoms with van der Waals surface area (Å²) in [4.78, 5) is 16.1. The molecule has 0 spiro atoms. The smallest absolute Gasteiger partial charge is 0.270 e. The van der Waals surface area contributed by atoms with Crippen LogP contribution in [0.15, 0.2) is 18.2 Å². The molecule has 1 fully saturated rings. The van der Waals surface area contributed by atoms with Crippen LogP contribution in [0.3, 0.4) is 0 Å². The van der Waals surface area contributed by atoms with E-state index < -0.39 is 0 Å². The molecule has 98 valence electrons. The molecular formula is C12H18N4O2. The van der Waals surface area contributed by atoms with Gasteiger partial charge < -0.3 is 15.5 Å². The van der Waals surface area contributed by atoms with Gasteiger partial charge in [0.15, 0.2) is 0 Å². The van der Waals surface area contributed by atoms with E-state index in [0.29, 0.717) is 18.1 Å². The molecule has 4 N–H and O–H groups in total. The molecule has 1 aromatic heterocycles. The number of pyridine rings is 1. The number of rotatable bonds is 3. The maximum absolute atomic E-state index is 12.0. The van der Waals surface area contributed by atoms with Gasteiger partial charge >= 0.3 is 0 Å². The van der Waals surface area contributed by atoms with Gasteiger partial charge in [-0.3, -0.25) is 4.79 Å². The number of hydrogen-bond acceptors (Lipinski definition) is 5. The number of nitrogens with two attached hydrogens (primary N) is 1. The topological polar surface area (TPSA) is 89.3 Å². The Morgan fingerprint density at radius 1 is 1.56 bits per heavy atom. The van der Waals surface area contributed by atoms with Gasteiger partial charge in [-0.15, -0.1) is 0 Å². The Bertz CT molecular complexity index is 424. The third-order valence-corrected chi connectivity index (χ3v) is 2.95. The van der Waals surface area contributed by atoms with Gasteiger partial charge in [0, 0.05) is 12.6 Å². The largest absolute Gasteiger partial charge is 0.378 e. The maximum Gasteiger partial charge on any atom is 0.270 e. The SMILES string of the molecule is CC1CC(NC(=O)c2cccc(NN)n2)CCO1. The quantitative estimate of drug-likeness (QED) is 0.542. The summed E-state index contributed by atoms with van der Waals surface area (Å²) in [6, 6.07) is 5.26. The highest BCUT2D eigenvalue weighted by molar-refractivity contribution is 5.92. The first kappa shape index (κ1) is 12.8. The predicted molar refractivity (Wildman–Crippen MR) is 67.9 cm³/mol. The van der Waals surface area contributed by atoms with E-state index in [1.54, 1.807) is 18.2 Å². The predicted octanol–water partition coefficient (Wildman–Crippen LogP) is 0.664. The Hall–Kier alpha value is -1.66. The second kappa shape index (κ2) is 5.79. The molecule has 2 heterocycles. The van der Waals surface area contributed by atoms with Crippen LogP contribution in [0.4, 0.5) is 5.82 Å². The highest BCUT2D eigenvalue weighted by atomic mass is 16.5. The first-order chi connectivity index (χ1) is 8.69. The summed E-state index contributed by atoms with van der Waals surface area (Å²) in [7, 11) is 0. The van der Waals surface area contributed by atoms with Gasteiger partial charge in [-0.05, 0) is 31.9 Å². The molecule has 6 nitrogen and oxygen atoms in total. The normalized spacial score (nSPS) is 23.4. The van der Waals surface area contributed by atoms with Crippen LogP contribution in [0.1, 0.15) is 30.3 Å². The number of ether oxygens (including phenoxy) is 1. The molecular weight excluding hydrogens is 232 g/mol. The van der Waals surface area contributed by atoms with Crippen LogP contribution < -0.4 is 16.6 Å². The molecule has 0 aliphatic carbocycles. The van der Waals surface area contributed by atoms with Crippen molar-refractivity contribution in [1.29, 1.82) is 0 Å². The van der Waals surface area contributed by atoms with Gasteiger partial charge in [0.05, 0.1) is 6.10 Å². The number of carbonyl (C=O) groups is 1. The van der Waals surface area contributed by atoms with Crippen molar-refractivity contribution in [3.8, 4) is 0 Å². The Balaban J connectivity index is 1.98. The maximum atomic E-state index is 12.0. The minimum Gasteiger partial charge on any atom is -0.378 e. The van der Waals surface area contributed by atoms with Gasteiger partial charge in [-0.2, -0.15) is 0 Å². The highest BCUT2D eigenvalue weighted by Gasteiger charge is 2.21. The molecule has 1 aromatic rings. The molecule has 0 bridgehead atoms. The van der Waals surface area contributed by atoms with E-state index in [1.807, 2.05) is 6.92 Å². The first-order valence-corrected chi connectivity index (χ1v) is 6.05. The number of aromatic nitrogens is 1. The summed E-state index contributed by atoms with van der Waals surface area (Å²) in [6.45, 7) is 2.69. The lowest BCUT2D eigenvalue weighted by Crippen LogP contribution is -2.41.